The molecule has 2 amide bonds. The lowest BCUT2D eigenvalue weighted by Gasteiger charge is -2.34. The van der Waals surface area contributed by atoms with Gasteiger partial charge in [0.2, 0.25) is 0 Å². The van der Waals surface area contributed by atoms with Gasteiger partial charge in [-0.25, -0.2) is 4.79 Å². The molecule has 2 rings (SSSR count). The Morgan fingerprint density at radius 2 is 2.29 bits per heavy atom. The van der Waals surface area contributed by atoms with Crippen LogP contribution in [0.5, 0.6) is 0 Å². The summed E-state index contributed by atoms with van der Waals surface area (Å²) < 4.78 is 0. The predicted molar refractivity (Wildman–Crippen MR) is 79.1 cm³/mol. The summed E-state index contributed by atoms with van der Waals surface area (Å²) in [4.78, 5) is 32.9. The Morgan fingerprint density at radius 3 is 2.95 bits per heavy atom. The molecule has 8 heteroatoms. The van der Waals surface area contributed by atoms with Gasteiger partial charge in [0.1, 0.15) is 0 Å². The molecule has 1 aliphatic heterocycles. The second-order valence-electron chi connectivity index (χ2n) is 4.83. The molecule has 1 aromatic heterocycles. The van der Waals surface area contributed by atoms with Crippen LogP contribution in [0.1, 0.15) is 17.8 Å². The summed E-state index contributed by atoms with van der Waals surface area (Å²) in [6, 6.07) is -0.505. The van der Waals surface area contributed by atoms with E-state index in [1.165, 1.54) is 0 Å². The molecular weight excluding hydrogens is 292 g/mol. The zero-order valence-electron chi connectivity index (χ0n) is 11.8. The van der Waals surface area contributed by atoms with Crippen molar-refractivity contribution in [3.05, 3.63) is 23.8 Å². The van der Waals surface area contributed by atoms with E-state index in [9.17, 15) is 9.59 Å². The van der Waals surface area contributed by atoms with Gasteiger partial charge < -0.3 is 15.3 Å². The molecule has 2 N–H and O–H groups in total. The molecule has 0 radical (unpaired) electrons. The minimum absolute atomic E-state index is 0.0231. The molecule has 0 saturated carbocycles. The molecule has 2 heterocycles. The van der Waals surface area contributed by atoms with Crippen molar-refractivity contribution in [2.75, 3.05) is 18.1 Å². The largest absolute Gasteiger partial charge is 0.481 e. The van der Waals surface area contributed by atoms with E-state index in [0.29, 0.717) is 18.0 Å². The number of carboxylic acids is 1. The van der Waals surface area contributed by atoms with Crippen LogP contribution in [-0.2, 0) is 11.3 Å². The third-order valence-electron chi connectivity index (χ3n) is 3.15. The van der Waals surface area contributed by atoms with E-state index in [1.807, 2.05) is 6.92 Å². The van der Waals surface area contributed by atoms with Crippen molar-refractivity contribution >= 4 is 23.8 Å². The van der Waals surface area contributed by atoms with Crippen LogP contribution >= 0.6 is 11.8 Å². The molecule has 1 unspecified atom stereocenters. The first kappa shape index (κ1) is 15.6. The minimum Gasteiger partial charge on any atom is -0.481 e. The molecule has 1 atom stereocenters. The lowest BCUT2D eigenvalue weighted by atomic mass is 10.2. The van der Waals surface area contributed by atoms with Crippen molar-refractivity contribution in [1.82, 2.24) is 20.2 Å². The van der Waals surface area contributed by atoms with Crippen LogP contribution < -0.4 is 5.32 Å². The van der Waals surface area contributed by atoms with E-state index < -0.39 is 5.97 Å². The molecule has 0 bridgehead atoms. The average Bonchev–Trinajstić information content (AvgIpc) is 2.46. The highest BCUT2D eigenvalue weighted by molar-refractivity contribution is 7.99. The number of aryl methyl sites for hydroxylation is 1. The average molecular weight is 310 g/mol. The highest BCUT2D eigenvalue weighted by atomic mass is 32.2. The molecule has 0 aliphatic carbocycles. The van der Waals surface area contributed by atoms with Gasteiger partial charge in [-0.3, -0.25) is 14.8 Å². The van der Waals surface area contributed by atoms with Gasteiger partial charge >= 0.3 is 12.0 Å². The van der Waals surface area contributed by atoms with Gasteiger partial charge in [0.15, 0.2) is 0 Å². The molecule has 7 nitrogen and oxygen atoms in total. The molecule has 1 aromatic rings. The summed E-state index contributed by atoms with van der Waals surface area (Å²) in [5, 5.41) is 11.7. The van der Waals surface area contributed by atoms with Crippen LogP contribution in [0.15, 0.2) is 12.4 Å². The van der Waals surface area contributed by atoms with Crippen LogP contribution in [0.3, 0.4) is 0 Å². The van der Waals surface area contributed by atoms with E-state index in [4.69, 9.17) is 5.11 Å². The van der Waals surface area contributed by atoms with Crippen molar-refractivity contribution in [2.24, 2.45) is 0 Å². The first-order chi connectivity index (χ1) is 10.1. The fraction of sp³-hybridized carbons (Fsp3) is 0.538. The molecule has 1 saturated heterocycles. The third kappa shape index (κ3) is 4.59. The SMILES string of the molecule is Cc1cnc(CNC(=O)N2CCSCC2CC(=O)O)cn1. The Bertz CT molecular complexity index is 509. The van der Waals surface area contributed by atoms with Crippen molar-refractivity contribution < 1.29 is 14.7 Å². The Hall–Kier alpha value is -1.83. The number of hydrogen-bond acceptors (Lipinski definition) is 5. The lowest BCUT2D eigenvalue weighted by Crippen LogP contribution is -2.51. The molecular formula is C13H18N4O3S. The predicted octanol–water partition coefficient (Wildman–Crippen LogP) is 0.887. The zero-order chi connectivity index (χ0) is 15.2. The number of hydrogen-bond donors (Lipinski definition) is 2. The third-order valence-corrected chi connectivity index (χ3v) is 4.25. The first-order valence-corrected chi connectivity index (χ1v) is 7.83. The number of aliphatic carboxylic acids is 1. The highest BCUT2D eigenvalue weighted by Gasteiger charge is 2.28. The summed E-state index contributed by atoms with van der Waals surface area (Å²) in [6.45, 7) is 2.70. The van der Waals surface area contributed by atoms with Gasteiger partial charge in [-0.2, -0.15) is 11.8 Å². The Morgan fingerprint density at radius 1 is 1.48 bits per heavy atom. The Kier molecular flexibility index (Phi) is 5.38. The number of nitrogens with zero attached hydrogens (tertiary/aromatic N) is 3. The number of nitrogens with one attached hydrogen (secondary N) is 1. The Labute approximate surface area is 127 Å². The number of carbonyl (C=O) groups is 2. The van der Waals surface area contributed by atoms with E-state index in [-0.39, 0.29) is 25.0 Å². The van der Waals surface area contributed by atoms with E-state index in [2.05, 4.69) is 15.3 Å². The molecule has 0 spiro atoms. The maximum Gasteiger partial charge on any atom is 0.318 e. The van der Waals surface area contributed by atoms with Crippen molar-refractivity contribution in [3.8, 4) is 0 Å². The van der Waals surface area contributed by atoms with E-state index in [0.717, 1.165) is 11.4 Å². The van der Waals surface area contributed by atoms with Crippen LogP contribution in [0.4, 0.5) is 4.79 Å². The van der Waals surface area contributed by atoms with Crippen molar-refractivity contribution in [1.29, 1.82) is 0 Å². The molecule has 0 aromatic carbocycles. The summed E-state index contributed by atoms with van der Waals surface area (Å²) in [5.74, 6) is 0.600. The number of carboxylic acid groups (broad SMARTS) is 1. The van der Waals surface area contributed by atoms with Gasteiger partial charge in [-0.05, 0) is 6.92 Å². The zero-order valence-corrected chi connectivity index (χ0v) is 12.6. The Balaban J connectivity index is 1.91. The monoisotopic (exact) mass is 310 g/mol. The fourth-order valence-electron chi connectivity index (χ4n) is 2.07. The van der Waals surface area contributed by atoms with Gasteiger partial charge in [0.05, 0.1) is 36.6 Å². The quantitative estimate of drug-likeness (QED) is 0.857. The topological polar surface area (TPSA) is 95.4 Å². The van der Waals surface area contributed by atoms with Gasteiger partial charge in [0.25, 0.3) is 0 Å². The summed E-state index contributed by atoms with van der Waals surface area (Å²) in [5.41, 5.74) is 1.50. The molecule has 21 heavy (non-hydrogen) atoms. The number of aromatic nitrogens is 2. The van der Waals surface area contributed by atoms with Crippen LogP contribution in [0, 0.1) is 6.92 Å². The first-order valence-electron chi connectivity index (χ1n) is 6.68. The van der Waals surface area contributed by atoms with Gasteiger partial charge in [-0.15, -0.1) is 0 Å². The highest BCUT2D eigenvalue weighted by Crippen LogP contribution is 2.19. The number of rotatable bonds is 4. The summed E-state index contributed by atoms with van der Waals surface area (Å²) in [7, 11) is 0. The normalized spacial score (nSPS) is 18.3. The van der Waals surface area contributed by atoms with Crippen molar-refractivity contribution in [2.45, 2.75) is 25.9 Å². The van der Waals surface area contributed by atoms with Gasteiger partial charge in [0, 0.05) is 24.2 Å². The van der Waals surface area contributed by atoms with Crippen LogP contribution in [0.2, 0.25) is 0 Å². The standard InChI is InChI=1S/C13H18N4O3S/c1-9-5-15-10(6-14-9)7-16-13(20)17-2-3-21-8-11(17)4-12(18)19/h5-6,11H,2-4,7-8H2,1H3,(H,16,20)(H,18,19). The smallest absolute Gasteiger partial charge is 0.318 e. The number of carbonyl (C=O) groups excluding carboxylic acids is 1. The van der Waals surface area contributed by atoms with E-state index in [1.54, 1.807) is 29.1 Å². The number of urea groups is 1. The molecule has 114 valence electrons. The van der Waals surface area contributed by atoms with Crippen LogP contribution in [0.25, 0.3) is 0 Å². The molecule has 1 aliphatic rings. The summed E-state index contributed by atoms with van der Waals surface area (Å²) >= 11 is 1.67. The second-order valence-corrected chi connectivity index (χ2v) is 5.98. The number of amides is 2. The fourth-order valence-corrected chi connectivity index (χ4v) is 3.13. The van der Waals surface area contributed by atoms with E-state index >= 15 is 0 Å². The lowest BCUT2D eigenvalue weighted by molar-refractivity contribution is -0.138. The van der Waals surface area contributed by atoms with Gasteiger partial charge in [-0.1, -0.05) is 0 Å². The maximum atomic E-state index is 12.2. The summed E-state index contributed by atoms with van der Waals surface area (Å²) in [6.07, 6.45) is 3.24. The van der Waals surface area contributed by atoms with Crippen molar-refractivity contribution in [3.63, 3.8) is 0 Å². The second kappa shape index (κ2) is 7.26. The molecule has 1 fully saturated rings. The van der Waals surface area contributed by atoms with Crippen LogP contribution in [-0.4, -0.2) is 56.1 Å². The maximum absolute atomic E-state index is 12.2. The number of thioether (sulfide) groups is 1. The minimum atomic E-state index is -0.885.